The Balaban J connectivity index is 1.55. The van der Waals surface area contributed by atoms with Gasteiger partial charge in [-0.1, -0.05) is 5.16 Å². The molecule has 30 heavy (non-hydrogen) atoms. The Kier molecular flexibility index (Phi) is 3.85. The van der Waals surface area contributed by atoms with Crippen LogP contribution < -0.4 is 0 Å². The molecule has 12 heteroatoms. The molecule has 5 rings (SSSR count). The summed E-state index contributed by atoms with van der Waals surface area (Å²) < 4.78 is 46.4. The summed E-state index contributed by atoms with van der Waals surface area (Å²) in [7, 11) is 0. The second-order valence-electron chi connectivity index (χ2n) is 6.86. The maximum Gasteiger partial charge on any atom is 0.433 e. The van der Waals surface area contributed by atoms with E-state index >= 15 is 0 Å². The zero-order valence-corrected chi connectivity index (χ0v) is 15.0. The third kappa shape index (κ3) is 3.15. The molecular weight excluding hydrogens is 405 g/mol. The molecule has 0 amide bonds. The van der Waals surface area contributed by atoms with Crippen LogP contribution in [-0.2, 0) is 6.18 Å². The summed E-state index contributed by atoms with van der Waals surface area (Å²) in [6.07, 6.45) is -2.99. The number of hydrogen-bond donors (Lipinski definition) is 0. The summed E-state index contributed by atoms with van der Waals surface area (Å²) in [6.45, 7) is 0. The second-order valence-corrected chi connectivity index (χ2v) is 6.86. The molecule has 0 aliphatic heterocycles. The van der Waals surface area contributed by atoms with Gasteiger partial charge in [-0.05, 0) is 31.0 Å². The van der Waals surface area contributed by atoms with Gasteiger partial charge >= 0.3 is 6.18 Å². The molecule has 152 valence electrons. The van der Waals surface area contributed by atoms with Gasteiger partial charge in [0.1, 0.15) is 5.69 Å². The number of nitro groups is 1. The fourth-order valence-electron chi connectivity index (χ4n) is 3.07. The average Bonchev–Trinajstić information content (AvgIpc) is 3.28. The molecule has 0 radical (unpaired) electrons. The Morgan fingerprint density at radius 2 is 1.87 bits per heavy atom. The first-order valence-electron chi connectivity index (χ1n) is 8.86. The number of fused-ring (bicyclic) bond motifs is 1. The minimum atomic E-state index is -4.60. The molecule has 3 heterocycles. The number of nitrogens with zero attached hydrogens (tertiary/aromatic N) is 6. The number of aromatic nitrogens is 5. The first kappa shape index (κ1) is 18.2. The number of hydrogen-bond acceptors (Lipinski definition) is 7. The van der Waals surface area contributed by atoms with Gasteiger partial charge in [0, 0.05) is 35.4 Å². The predicted octanol–water partition coefficient (Wildman–Crippen LogP) is 4.25. The lowest BCUT2D eigenvalue weighted by Gasteiger charge is -2.10. The van der Waals surface area contributed by atoms with Crippen LogP contribution in [0.1, 0.15) is 30.1 Å². The molecule has 0 saturated heterocycles. The van der Waals surface area contributed by atoms with Gasteiger partial charge in [0.2, 0.25) is 5.82 Å². The van der Waals surface area contributed by atoms with E-state index in [1.165, 1.54) is 30.3 Å². The Morgan fingerprint density at radius 1 is 1.13 bits per heavy atom. The largest absolute Gasteiger partial charge is 0.433 e. The van der Waals surface area contributed by atoms with Crippen molar-refractivity contribution in [1.82, 2.24) is 24.7 Å². The maximum atomic E-state index is 13.5. The van der Waals surface area contributed by atoms with Crippen LogP contribution in [0.25, 0.3) is 28.6 Å². The highest BCUT2D eigenvalue weighted by Gasteiger charge is 2.37. The summed E-state index contributed by atoms with van der Waals surface area (Å²) in [5.41, 5.74) is -0.0999. The van der Waals surface area contributed by atoms with Crippen molar-refractivity contribution in [3.8, 4) is 23.0 Å². The topological polar surface area (TPSA) is 112 Å². The first-order chi connectivity index (χ1) is 14.3. The third-order valence-electron chi connectivity index (χ3n) is 4.71. The van der Waals surface area contributed by atoms with Crippen LogP contribution in [0.2, 0.25) is 0 Å². The zero-order chi connectivity index (χ0) is 21.0. The SMILES string of the molecule is O=[N+]([O-])c1ccc(-c2noc(-c3cc4nc(C5CC5)cc(C(F)(F)F)n4n3)n2)cc1. The number of rotatable bonds is 4. The van der Waals surface area contributed by atoms with Crippen LogP contribution in [-0.4, -0.2) is 29.7 Å². The molecule has 0 spiro atoms. The van der Waals surface area contributed by atoms with E-state index in [1.54, 1.807) is 0 Å². The zero-order valence-electron chi connectivity index (χ0n) is 15.0. The lowest BCUT2D eigenvalue weighted by atomic mass is 10.2. The molecule has 3 aromatic heterocycles. The van der Waals surface area contributed by atoms with Gasteiger partial charge in [-0.25, -0.2) is 9.50 Å². The monoisotopic (exact) mass is 416 g/mol. The van der Waals surface area contributed by atoms with E-state index < -0.39 is 16.8 Å². The van der Waals surface area contributed by atoms with Crippen molar-refractivity contribution in [2.24, 2.45) is 0 Å². The molecule has 0 bridgehead atoms. The summed E-state index contributed by atoms with van der Waals surface area (Å²) in [6, 6.07) is 7.85. The Labute approximate surface area is 165 Å². The van der Waals surface area contributed by atoms with Gasteiger partial charge in [-0.15, -0.1) is 0 Å². The molecule has 0 N–H and O–H groups in total. The average molecular weight is 416 g/mol. The Hall–Kier alpha value is -3.83. The maximum absolute atomic E-state index is 13.5. The van der Waals surface area contributed by atoms with Gasteiger partial charge in [0.15, 0.2) is 11.3 Å². The van der Waals surface area contributed by atoms with Crippen molar-refractivity contribution in [1.29, 1.82) is 0 Å². The van der Waals surface area contributed by atoms with Gasteiger partial charge in [0.25, 0.3) is 11.6 Å². The minimum Gasteiger partial charge on any atom is -0.332 e. The lowest BCUT2D eigenvalue weighted by Crippen LogP contribution is -2.14. The quantitative estimate of drug-likeness (QED) is 0.361. The van der Waals surface area contributed by atoms with Gasteiger partial charge in [-0.2, -0.15) is 23.3 Å². The van der Waals surface area contributed by atoms with Crippen molar-refractivity contribution in [2.75, 3.05) is 0 Å². The van der Waals surface area contributed by atoms with Crippen molar-refractivity contribution < 1.29 is 22.6 Å². The van der Waals surface area contributed by atoms with E-state index in [1.807, 2.05) is 0 Å². The van der Waals surface area contributed by atoms with E-state index in [0.717, 1.165) is 23.4 Å². The fourth-order valence-corrected chi connectivity index (χ4v) is 3.07. The number of alkyl halides is 3. The molecule has 1 aromatic carbocycles. The standard InChI is InChI=1S/C18H11F3N6O3/c19-18(20,21)14-7-12(9-1-2-9)22-15-8-13(24-26(14)15)17-23-16(25-30-17)10-3-5-11(6-4-10)27(28)29/h3-9H,1-2H2. The summed E-state index contributed by atoms with van der Waals surface area (Å²) in [4.78, 5) is 18.7. The molecule has 1 aliphatic carbocycles. The van der Waals surface area contributed by atoms with E-state index in [9.17, 15) is 23.3 Å². The summed E-state index contributed by atoms with van der Waals surface area (Å²) >= 11 is 0. The predicted molar refractivity (Wildman–Crippen MR) is 95.3 cm³/mol. The van der Waals surface area contributed by atoms with Crippen LogP contribution in [0.3, 0.4) is 0 Å². The van der Waals surface area contributed by atoms with E-state index in [2.05, 4.69) is 20.2 Å². The molecule has 1 aliphatic rings. The minimum absolute atomic E-state index is 0.0339. The number of halogens is 3. The Bertz CT molecular complexity index is 1270. The molecular formula is C18H11F3N6O3. The first-order valence-corrected chi connectivity index (χ1v) is 8.86. The highest BCUT2D eigenvalue weighted by molar-refractivity contribution is 5.62. The highest BCUT2D eigenvalue weighted by atomic mass is 19.4. The molecule has 9 nitrogen and oxygen atoms in total. The van der Waals surface area contributed by atoms with Gasteiger partial charge < -0.3 is 4.52 Å². The molecule has 1 fully saturated rings. The number of nitro benzene ring substituents is 1. The van der Waals surface area contributed by atoms with Crippen molar-refractivity contribution in [2.45, 2.75) is 24.9 Å². The Morgan fingerprint density at radius 3 is 2.50 bits per heavy atom. The van der Waals surface area contributed by atoms with Gasteiger partial charge in [0.05, 0.1) is 4.92 Å². The fraction of sp³-hybridized carbons (Fsp3) is 0.222. The summed E-state index contributed by atoms with van der Waals surface area (Å²) in [5, 5.41) is 18.5. The van der Waals surface area contributed by atoms with Crippen LogP contribution >= 0.6 is 0 Å². The van der Waals surface area contributed by atoms with Crippen molar-refractivity contribution in [3.05, 3.63) is 57.9 Å². The van der Waals surface area contributed by atoms with E-state index in [4.69, 9.17) is 4.52 Å². The highest BCUT2D eigenvalue weighted by Crippen LogP contribution is 2.41. The molecule has 0 atom stereocenters. The second kappa shape index (κ2) is 6.34. The van der Waals surface area contributed by atoms with E-state index in [-0.39, 0.29) is 34.7 Å². The molecule has 1 saturated carbocycles. The lowest BCUT2D eigenvalue weighted by molar-refractivity contribution is -0.384. The third-order valence-corrected chi connectivity index (χ3v) is 4.71. The van der Waals surface area contributed by atoms with E-state index in [0.29, 0.717) is 11.3 Å². The van der Waals surface area contributed by atoms with Crippen LogP contribution in [0.5, 0.6) is 0 Å². The number of benzene rings is 1. The van der Waals surface area contributed by atoms with Crippen molar-refractivity contribution >= 4 is 11.3 Å². The van der Waals surface area contributed by atoms with Gasteiger partial charge in [-0.3, -0.25) is 10.1 Å². The van der Waals surface area contributed by atoms with Crippen molar-refractivity contribution in [3.63, 3.8) is 0 Å². The smallest absolute Gasteiger partial charge is 0.332 e. The van der Waals surface area contributed by atoms with Crippen LogP contribution in [0.15, 0.2) is 40.9 Å². The van der Waals surface area contributed by atoms with Crippen LogP contribution in [0.4, 0.5) is 18.9 Å². The molecule has 0 unspecified atom stereocenters. The molecule has 4 aromatic rings. The number of non-ortho nitro benzene ring substituents is 1. The van der Waals surface area contributed by atoms with Crippen LogP contribution in [0, 0.1) is 10.1 Å². The normalized spacial score (nSPS) is 14.4. The summed E-state index contributed by atoms with van der Waals surface area (Å²) in [5.74, 6) is 0.0705.